The van der Waals surface area contributed by atoms with E-state index < -0.39 is 17.0 Å². The Morgan fingerprint density at radius 1 is 1.21 bits per heavy atom. The van der Waals surface area contributed by atoms with Gasteiger partial charge in [0.2, 0.25) is 17.4 Å². The van der Waals surface area contributed by atoms with Gasteiger partial charge in [0.15, 0.2) is 11.5 Å². The van der Waals surface area contributed by atoms with E-state index in [0.717, 1.165) is 0 Å². The van der Waals surface area contributed by atoms with Crippen molar-refractivity contribution in [3.05, 3.63) is 24.3 Å². The third-order valence-electron chi connectivity index (χ3n) is 5.72. The van der Waals surface area contributed by atoms with Crippen LogP contribution in [0.2, 0.25) is 0 Å². The van der Waals surface area contributed by atoms with E-state index in [1.807, 2.05) is 26.0 Å². The molecule has 1 fully saturated rings. The van der Waals surface area contributed by atoms with Crippen LogP contribution in [0.5, 0.6) is 11.5 Å². The molecular formula is C20H27N3O5. The number of fused-ring (bicyclic) bond motifs is 1. The van der Waals surface area contributed by atoms with Gasteiger partial charge >= 0.3 is 0 Å². The molecule has 3 N–H and O–H groups in total. The Hall–Kier alpha value is -2.77. The number of benzene rings is 1. The van der Waals surface area contributed by atoms with Crippen LogP contribution in [0.15, 0.2) is 24.3 Å². The molecule has 1 unspecified atom stereocenters. The van der Waals surface area contributed by atoms with Crippen molar-refractivity contribution >= 4 is 17.7 Å². The van der Waals surface area contributed by atoms with Gasteiger partial charge in [-0.1, -0.05) is 26.0 Å². The van der Waals surface area contributed by atoms with Crippen molar-refractivity contribution in [3.8, 4) is 11.5 Å². The second-order valence-electron chi connectivity index (χ2n) is 7.62. The minimum atomic E-state index is -1.14. The summed E-state index contributed by atoms with van der Waals surface area (Å²) in [4.78, 5) is 38.8. The highest BCUT2D eigenvalue weighted by atomic mass is 16.6. The fraction of sp³-hybridized carbons (Fsp3) is 0.550. The molecule has 3 amide bonds. The number of rotatable bonds is 6. The number of hydrogen-bond acceptors (Lipinski definition) is 5. The summed E-state index contributed by atoms with van der Waals surface area (Å²) in [5.41, 5.74) is 3.30. The quantitative estimate of drug-likeness (QED) is 0.749. The summed E-state index contributed by atoms with van der Waals surface area (Å²) in [6.45, 7) is 5.95. The highest BCUT2D eigenvalue weighted by Crippen LogP contribution is 2.36. The molecule has 0 aromatic heterocycles. The van der Waals surface area contributed by atoms with E-state index in [2.05, 4.69) is 5.32 Å². The molecule has 1 saturated heterocycles. The number of nitrogens with zero attached hydrogens (tertiary/aromatic N) is 1. The highest BCUT2D eigenvalue weighted by Gasteiger charge is 2.48. The molecule has 0 radical (unpaired) electrons. The van der Waals surface area contributed by atoms with Gasteiger partial charge in [0.1, 0.15) is 12.1 Å². The molecule has 1 aromatic carbocycles. The van der Waals surface area contributed by atoms with Crippen molar-refractivity contribution in [1.29, 1.82) is 0 Å². The second-order valence-corrected chi connectivity index (χ2v) is 7.62. The van der Waals surface area contributed by atoms with Gasteiger partial charge in [-0.2, -0.15) is 0 Å². The third kappa shape index (κ3) is 3.39. The smallest absolute Gasteiger partial charge is 0.270 e. The summed E-state index contributed by atoms with van der Waals surface area (Å²) in [5, 5.41) is 2.79. The molecule has 3 rings (SSSR count). The molecule has 8 nitrogen and oxygen atoms in total. The lowest BCUT2D eigenvalue weighted by molar-refractivity contribution is -0.160. The van der Waals surface area contributed by atoms with Crippen LogP contribution in [0.3, 0.4) is 0 Å². The molecule has 8 heteroatoms. The molecule has 0 aliphatic carbocycles. The fourth-order valence-electron chi connectivity index (χ4n) is 3.57. The largest absolute Gasteiger partial charge is 0.485 e. The third-order valence-corrected chi connectivity index (χ3v) is 5.72. The molecule has 1 aromatic rings. The summed E-state index contributed by atoms with van der Waals surface area (Å²) < 4.78 is 11.6. The van der Waals surface area contributed by atoms with Crippen LogP contribution in [0.1, 0.15) is 33.6 Å². The van der Waals surface area contributed by atoms with Crippen LogP contribution >= 0.6 is 0 Å². The Bertz CT molecular complexity index is 786. The van der Waals surface area contributed by atoms with Crippen molar-refractivity contribution < 1.29 is 23.9 Å². The summed E-state index contributed by atoms with van der Waals surface area (Å²) in [6, 6.07) is 7.19. The van der Waals surface area contributed by atoms with Gasteiger partial charge in [0.05, 0.1) is 5.92 Å². The Morgan fingerprint density at radius 2 is 1.82 bits per heavy atom. The fourth-order valence-corrected chi connectivity index (χ4v) is 3.57. The topological polar surface area (TPSA) is 111 Å². The number of amides is 3. The highest BCUT2D eigenvalue weighted by molar-refractivity contribution is 5.93. The second kappa shape index (κ2) is 7.33. The zero-order chi connectivity index (χ0) is 20.5. The van der Waals surface area contributed by atoms with Crippen LogP contribution < -0.4 is 20.5 Å². The van der Waals surface area contributed by atoms with Gasteiger partial charge in [-0.15, -0.1) is 0 Å². The molecule has 2 heterocycles. The van der Waals surface area contributed by atoms with Crippen LogP contribution in [0, 0.1) is 5.92 Å². The molecular weight excluding hydrogens is 362 g/mol. The first-order valence-corrected chi connectivity index (χ1v) is 9.57. The monoisotopic (exact) mass is 389 g/mol. The molecule has 0 bridgehead atoms. The molecule has 28 heavy (non-hydrogen) atoms. The van der Waals surface area contributed by atoms with E-state index >= 15 is 0 Å². The first-order valence-electron chi connectivity index (χ1n) is 9.57. The summed E-state index contributed by atoms with van der Waals surface area (Å²) in [5.74, 6) is -0.272. The molecule has 2 aliphatic rings. The number of nitrogens with two attached hydrogens (primary N) is 1. The van der Waals surface area contributed by atoms with Crippen LogP contribution in [-0.2, 0) is 14.4 Å². The van der Waals surface area contributed by atoms with Crippen LogP contribution in [0.25, 0.3) is 0 Å². The number of nitrogens with one attached hydrogen (secondary N) is 1. The average Bonchev–Trinajstić information content (AvgIpc) is 2.64. The Labute approximate surface area is 164 Å². The Morgan fingerprint density at radius 3 is 2.39 bits per heavy atom. The van der Waals surface area contributed by atoms with Gasteiger partial charge < -0.3 is 25.4 Å². The molecule has 1 atom stereocenters. The standard InChI is InChI=1S/C20H27N3O5/c1-4-20(5-2,17(21)25)22-16(24)13-10-23(11-13)18(26)19(3)12-27-14-8-6-7-9-15(14)28-19/h6-9,13H,4-5,10-12H2,1-3H3,(H2,21,25)(H,22,24). The number of hydrogen-bond donors (Lipinski definition) is 2. The van der Waals surface area contributed by atoms with Crippen LogP contribution in [-0.4, -0.2) is 53.5 Å². The number of ether oxygens (including phenoxy) is 2. The molecule has 152 valence electrons. The number of primary amides is 1. The first-order chi connectivity index (χ1) is 13.2. The first kappa shape index (κ1) is 20.0. The predicted molar refractivity (Wildman–Crippen MR) is 102 cm³/mol. The maximum absolute atomic E-state index is 12.9. The van der Waals surface area contributed by atoms with E-state index in [1.165, 1.54) is 0 Å². The van der Waals surface area contributed by atoms with E-state index in [9.17, 15) is 14.4 Å². The summed E-state index contributed by atoms with van der Waals surface area (Å²) in [6.07, 6.45) is 0.838. The number of carbonyl (C=O) groups is 3. The van der Waals surface area contributed by atoms with E-state index in [-0.39, 0.29) is 37.4 Å². The number of para-hydroxylation sites is 2. The van der Waals surface area contributed by atoms with Gasteiger partial charge in [-0.05, 0) is 31.9 Å². The van der Waals surface area contributed by atoms with Gasteiger partial charge in [0.25, 0.3) is 5.91 Å². The lowest BCUT2D eigenvalue weighted by Crippen LogP contribution is -2.66. The van der Waals surface area contributed by atoms with Gasteiger partial charge in [-0.3, -0.25) is 14.4 Å². The zero-order valence-electron chi connectivity index (χ0n) is 16.5. The maximum Gasteiger partial charge on any atom is 0.270 e. The minimum absolute atomic E-state index is 0.104. The average molecular weight is 389 g/mol. The Kier molecular flexibility index (Phi) is 5.23. The molecule has 0 spiro atoms. The molecule has 0 saturated carbocycles. The maximum atomic E-state index is 12.9. The summed E-state index contributed by atoms with van der Waals surface area (Å²) >= 11 is 0. The van der Waals surface area contributed by atoms with E-state index in [1.54, 1.807) is 24.0 Å². The van der Waals surface area contributed by atoms with Gasteiger partial charge in [-0.25, -0.2) is 0 Å². The lowest BCUT2D eigenvalue weighted by atomic mass is 9.89. The SMILES string of the molecule is CCC(CC)(NC(=O)C1CN(C(=O)C2(C)COc3ccccc3O2)C1)C(N)=O. The van der Waals surface area contributed by atoms with Crippen molar-refractivity contribution in [1.82, 2.24) is 10.2 Å². The van der Waals surface area contributed by atoms with Crippen molar-refractivity contribution in [2.45, 2.75) is 44.8 Å². The van der Waals surface area contributed by atoms with Crippen molar-refractivity contribution in [2.24, 2.45) is 11.7 Å². The van der Waals surface area contributed by atoms with Gasteiger partial charge in [0, 0.05) is 13.1 Å². The number of carbonyl (C=O) groups excluding carboxylic acids is 3. The Balaban J connectivity index is 1.60. The van der Waals surface area contributed by atoms with Crippen LogP contribution in [0.4, 0.5) is 0 Å². The predicted octanol–water partition coefficient (Wildman–Crippen LogP) is 0.835. The minimum Gasteiger partial charge on any atom is -0.485 e. The number of likely N-dealkylation sites (tertiary alicyclic amines) is 1. The lowest BCUT2D eigenvalue weighted by Gasteiger charge is -2.45. The zero-order valence-corrected chi connectivity index (χ0v) is 16.5. The van der Waals surface area contributed by atoms with E-state index in [4.69, 9.17) is 15.2 Å². The van der Waals surface area contributed by atoms with Crippen molar-refractivity contribution in [2.75, 3.05) is 19.7 Å². The molecule has 2 aliphatic heterocycles. The van der Waals surface area contributed by atoms with Crippen molar-refractivity contribution in [3.63, 3.8) is 0 Å². The summed E-state index contributed by atoms with van der Waals surface area (Å²) in [7, 11) is 0. The normalized spacial score (nSPS) is 21.6. The van der Waals surface area contributed by atoms with E-state index in [0.29, 0.717) is 24.3 Å².